The topological polar surface area (TPSA) is 144 Å². The third-order valence-corrected chi connectivity index (χ3v) is 11.8. The Kier molecular flexibility index (Phi) is 7.88. The molecule has 0 unspecified atom stereocenters. The van der Waals surface area contributed by atoms with Crippen LogP contribution in [-0.2, 0) is 33.4 Å². The third kappa shape index (κ3) is 4.85. The maximum atomic E-state index is 14.5. The van der Waals surface area contributed by atoms with Crippen LogP contribution in [0.3, 0.4) is 0 Å². The largest absolute Gasteiger partial charge is 0.462 e. The summed E-state index contributed by atoms with van der Waals surface area (Å²) < 4.78 is 11.1. The van der Waals surface area contributed by atoms with Gasteiger partial charge < -0.3 is 19.7 Å². The number of hydrogen-bond donors (Lipinski definition) is 2. The molecule has 0 amide bonds. The van der Waals surface area contributed by atoms with Crippen LogP contribution >= 0.6 is 0 Å². The van der Waals surface area contributed by atoms with Crippen molar-refractivity contribution in [2.75, 3.05) is 0 Å². The van der Waals surface area contributed by atoms with Crippen molar-refractivity contribution in [3.8, 4) is 0 Å². The molecule has 0 bridgehead atoms. The number of allylic oxidation sites excluding steroid dienone is 2. The summed E-state index contributed by atoms with van der Waals surface area (Å²) in [6.07, 6.45) is 3.66. The summed E-state index contributed by atoms with van der Waals surface area (Å²) >= 11 is 0. The number of carbonyl (C=O) groups excluding carboxylic acids is 5. The van der Waals surface area contributed by atoms with Gasteiger partial charge in [0, 0.05) is 37.0 Å². The SMILES string of the molecule is CC(=O)O[C@@H]1C[C@@]2(C)[C@@H]3CC=C4[C@@H](C[C@H](O)C(=O)C4(C)C)[C@]3(C)C(=O)C[C@]2(C)[C@H]1[C@@](C)(O)C(=O)/C=C/C(C)(C)OC(C)=O. The third-order valence-electron chi connectivity index (χ3n) is 11.8. The van der Waals surface area contributed by atoms with Crippen molar-refractivity contribution in [2.45, 2.75) is 118 Å². The number of fused-ring (bicyclic) bond motifs is 5. The van der Waals surface area contributed by atoms with Crippen molar-refractivity contribution in [1.82, 2.24) is 0 Å². The molecule has 0 aliphatic heterocycles. The first kappa shape index (κ1) is 33.2. The quantitative estimate of drug-likeness (QED) is 0.262. The molecule has 0 radical (unpaired) electrons. The molecule has 9 heteroatoms. The molecule has 43 heavy (non-hydrogen) atoms. The summed E-state index contributed by atoms with van der Waals surface area (Å²) in [5.41, 5.74) is -5.67. The van der Waals surface area contributed by atoms with Crippen molar-refractivity contribution < 1.29 is 43.7 Å². The van der Waals surface area contributed by atoms with E-state index in [4.69, 9.17) is 9.47 Å². The number of hydrogen-bond acceptors (Lipinski definition) is 9. The van der Waals surface area contributed by atoms with E-state index in [0.29, 0.717) is 12.8 Å². The van der Waals surface area contributed by atoms with E-state index in [1.807, 2.05) is 13.8 Å². The molecule has 3 saturated carbocycles. The fraction of sp³-hybridized carbons (Fsp3) is 0.735. The summed E-state index contributed by atoms with van der Waals surface area (Å²) in [4.78, 5) is 65.1. The van der Waals surface area contributed by atoms with Gasteiger partial charge in [-0.2, -0.15) is 0 Å². The molecule has 0 heterocycles. The Morgan fingerprint density at radius 2 is 1.60 bits per heavy atom. The van der Waals surface area contributed by atoms with Gasteiger partial charge in [-0.1, -0.05) is 32.4 Å². The van der Waals surface area contributed by atoms with Gasteiger partial charge in [0.1, 0.15) is 29.2 Å². The number of ether oxygens (including phenoxy) is 2. The lowest BCUT2D eigenvalue weighted by Gasteiger charge is -2.64. The van der Waals surface area contributed by atoms with E-state index in [9.17, 15) is 34.2 Å². The lowest BCUT2D eigenvalue weighted by Crippen LogP contribution is -2.65. The maximum absolute atomic E-state index is 14.5. The van der Waals surface area contributed by atoms with Crippen molar-refractivity contribution >= 4 is 29.3 Å². The van der Waals surface area contributed by atoms with E-state index in [2.05, 4.69) is 13.0 Å². The lowest BCUT2D eigenvalue weighted by atomic mass is 9.38. The first-order valence-corrected chi connectivity index (χ1v) is 15.3. The molecule has 4 aliphatic rings. The zero-order chi connectivity index (χ0) is 32.7. The fourth-order valence-corrected chi connectivity index (χ4v) is 9.68. The number of aliphatic hydroxyl groups excluding tert-OH is 1. The zero-order valence-electron chi connectivity index (χ0n) is 27.2. The predicted molar refractivity (Wildman–Crippen MR) is 157 cm³/mol. The molecule has 2 N–H and O–H groups in total. The Bertz CT molecular complexity index is 1320. The van der Waals surface area contributed by atoms with Crippen molar-refractivity contribution in [3.63, 3.8) is 0 Å². The van der Waals surface area contributed by atoms with Crippen molar-refractivity contribution in [1.29, 1.82) is 0 Å². The normalized spacial score (nSPS) is 40.1. The average Bonchev–Trinajstić information content (AvgIpc) is 3.07. The Morgan fingerprint density at radius 1 is 1.00 bits per heavy atom. The molecule has 9 atom stereocenters. The summed E-state index contributed by atoms with van der Waals surface area (Å²) in [7, 11) is 0. The number of Topliss-reactive ketones (excluding diaryl/α,β-unsaturated/α-hetero) is 2. The van der Waals surface area contributed by atoms with Crippen LogP contribution in [0.2, 0.25) is 0 Å². The zero-order valence-corrected chi connectivity index (χ0v) is 27.2. The summed E-state index contributed by atoms with van der Waals surface area (Å²) in [6, 6.07) is 0. The molecule has 0 saturated heterocycles. The van der Waals surface area contributed by atoms with Gasteiger partial charge in [-0.25, -0.2) is 0 Å². The van der Waals surface area contributed by atoms with Crippen LogP contribution in [-0.4, -0.2) is 62.9 Å². The van der Waals surface area contributed by atoms with Crippen LogP contribution in [0, 0.1) is 39.4 Å². The van der Waals surface area contributed by atoms with E-state index in [1.165, 1.54) is 32.9 Å². The van der Waals surface area contributed by atoms with Gasteiger partial charge in [0.25, 0.3) is 0 Å². The number of rotatable bonds is 6. The van der Waals surface area contributed by atoms with E-state index in [0.717, 1.165) is 5.57 Å². The average molecular weight is 601 g/mol. The second-order valence-corrected chi connectivity index (χ2v) is 15.3. The molecule has 9 nitrogen and oxygen atoms in total. The number of aliphatic hydroxyl groups is 2. The molecule has 0 aromatic carbocycles. The van der Waals surface area contributed by atoms with Gasteiger partial charge >= 0.3 is 11.9 Å². The van der Waals surface area contributed by atoms with Crippen LogP contribution < -0.4 is 0 Å². The molecule has 3 fully saturated rings. The van der Waals surface area contributed by atoms with Gasteiger partial charge in [0.15, 0.2) is 11.6 Å². The standard InChI is InChI=1S/C34H48O9/c1-18(35)42-23-16-31(7)24-12-11-20-21(15-22(37)28(40)30(20,5)6)33(24,9)26(39)17-32(31,8)27(23)34(10,41)25(38)13-14-29(3,4)43-19(2)36/h11,13-14,21-24,27,37,41H,12,15-17H2,1-10H3/b14-13+/t21-,22+,23-,24+,27+,31+,32-,33+,34+/m1/s1. The van der Waals surface area contributed by atoms with Crippen LogP contribution in [0.25, 0.3) is 0 Å². The summed E-state index contributed by atoms with van der Waals surface area (Å²) in [5, 5.41) is 22.8. The van der Waals surface area contributed by atoms with Crippen LogP contribution in [0.4, 0.5) is 0 Å². The monoisotopic (exact) mass is 600 g/mol. The lowest BCUT2D eigenvalue weighted by molar-refractivity contribution is -0.185. The first-order chi connectivity index (χ1) is 19.5. The van der Waals surface area contributed by atoms with E-state index in [1.54, 1.807) is 27.7 Å². The van der Waals surface area contributed by atoms with Gasteiger partial charge in [-0.3, -0.25) is 24.0 Å². The molecular formula is C34H48O9. The minimum Gasteiger partial charge on any atom is -0.462 e. The molecule has 0 aromatic heterocycles. The highest BCUT2D eigenvalue weighted by atomic mass is 16.6. The molecule has 4 aliphatic carbocycles. The predicted octanol–water partition coefficient (Wildman–Crippen LogP) is 4.07. The van der Waals surface area contributed by atoms with Gasteiger partial charge in [0.2, 0.25) is 0 Å². The number of carbonyl (C=O) groups is 5. The maximum Gasteiger partial charge on any atom is 0.303 e. The van der Waals surface area contributed by atoms with Gasteiger partial charge in [0.05, 0.1) is 0 Å². The first-order valence-electron chi connectivity index (χ1n) is 15.3. The molecule has 0 aromatic rings. The molecule has 4 rings (SSSR count). The summed E-state index contributed by atoms with van der Waals surface area (Å²) in [5.74, 6) is -3.54. The minimum atomic E-state index is -2.03. The molecular weight excluding hydrogens is 552 g/mol. The highest BCUT2D eigenvalue weighted by molar-refractivity contribution is 5.98. The molecule has 238 valence electrons. The fourth-order valence-electron chi connectivity index (χ4n) is 9.68. The highest BCUT2D eigenvalue weighted by Gasteiger charge is 2.75. The van der Waals surface area contributed by atoms with E-state index in [-0.39, 0.29) is 36.2 Å². The number of esters is 2. The van der Waals surface area contributed by atoms with Crippen LogP contribution in [0.1, 0.15) is 94.9 Å². The van der Waals surface area contributed by atoms with Crippen molar-refractivity contribution in [3.05, 3.63) is 23.8 Å². The Labute approximate surface area is 254 Å². The van der Waals surface area contributed by atoms with Crippen molar-refractivity contribution in [2.24, 2.45) is 39.4 Å². The van der Waals surface area contributed by atoms with E-state index >= 15 is 0 Å². The van der Waals surface area contributed by atoms with Gasteiger partial charge in [-0.05, 0) is 88.7 Å². The number of ketones is 3. The minimum absolute atomic E-state index is 0.0271. The van der Waals surface area contributed by atoms with Crippen LogP contribution in [0.15, 0.2) is 23.8 Å². The van der Waals surface area contributed by atoms with E-state index < -0.39 is 68.7 Å². The Hall–Kier alpha value is -2.65. The summed E-state index contributed by atoms with van der Waals surface area (Å²) in [6.45, 7) is 16.7. The molecule has 0 spiro atoms. The Morgan fingerprint density at radius 3 is 2.16 bits per heavy atom. The van der Waals surface area contributed by atoms with Crippen LogP contribution in [0.5, 0.6) is 0 Å². The second kappa shape index (κ2) is 10.2. The second-order valence-electron chi connectivity index (χ2n) is 15.3. The Balaban J connectivity index is 1.82. The highest BCUT2D eigenvalue weighted by Crippen LogP contribution is 2.74. The van der Waals surface area contributed by atoms with Gasteiger partial charge in [-0.15, -0.1) is 0 Å². The smallest absolute Gasteiger partial charge is 0.303 e.